The number of hydrogen-bond acceptors (Lipinski definition) is 2. The van der Waals surface area contributed by atoms with Crippen molar-refractivity contribution in [2.45, 2.75) is 84.7 Å². The predicted molar refractivity (Wildman–Crippen MR) is 83.2 cm³/mol. The molecule has 0 saturated carbocycles. The molecular formula is C16H36N2. The van der Waals surface area contributed by atoms with Gasteiger partial charge in [-0.2, -0.15) is 0 Å². The third-order valence-corrected chi connectivity index (χ3v) is 4.38. The highest BCUT2D eigenvalue weighted by atomic mass is 15.2. The Morgan fingerprint density at radius 1 is 0.944 bits per heavy atom. The van der Waals surface area contributed by atoms with Crippen LogP contribution in [0.25, 0.3) is 0 Å². The standard InChI is InChI=1S/C16H36N2/c1-7-10-11-12-13-14-15(17-6)16(4,5)18(8-2)9-3/h15,17H,7-14H2,1-6H3. The van der Waals surface area contributed by atoms with Gasteiger partial charge in [0.1, 0.15) is 0 Å². The molecule has 1 unspecified atom stereocenters. The van der Waals surface area contributed by atoms with E-state index in [2.05, 4.69) is 51.9 Å². The molecule has 0 aliphatic carbocycles. The fraction of sp³-hybridized carbons (Fsp3) is 1.00. The van der Waals surface area contributed by atoms with Crippen LogP contribution in [-0.2, 0) is 0 Å². The number of rotatable bonds is 11. The summed E-state index contributed by atoms with van der Waals surface area (Å²) < 4.78 is 0. The van der Waals surface area contributed by atoms with Crippen LogP contribution in [0.2, 0.25) is 0 Å². The first kappa shape index (κ1) is 17.9. The van der Waals surface area contributed by atoms with Gasteiger partial charge < -0.3 is 5.32 Å². The van der Waals surface area contributed by atoms with Gasteiger partial charge in [0.25, 0.3) is 0 Å². The summed E-state index contributed by atoms with van der Waals surface area (Å²) in [5.74, 6) is 0. The predicted octanol–water partition coefficient (Wildman–Crippen LogP) is 4.06. The molecule has 0 aromatic carbocycles. The molecule has 110 valence electrons. The Morgan fingerprint density at radius 3 is 1.94 bits per heavy atom. The van der Waals surface area contributed by atoms with Crippen molar-refractivity contribution in [1.29, 1.82) is 0 Å². The smallest absolute Gasteiger partial charge is 0.0305 e. The Kier molecular flexibility index (Phi) is 9.76. The highest BCUT2D eigenvalue weighted by Gasteiger charge is 2.32. The van der Waals surface area contributed by atoms with Crippen molar-refractivity contribution in [3.05, 3.63) is 0 Å². The summed E-state index contributed by atoms with van der Waals surface area (Å²) >= 11 is 0. The van der Waals surface area contributed by atoms with Crippen LogP contribution in [0, 0.1) is 0 Å². The zero-order valence-electron chi connectivity index (χ0n) is 13.7. The number of likely N-dealkylation sites (N-methyl/N-ethyl adjacent to an activating group) is 2. The molecule has 0 aromatic rings. The lowest BCUT2D eigenvalue weighted by molar-refractivity contribution is 0.0896. The molecule has 0 bridgehead atoms. The largest absolute Gasteiger partial charge is 0.315 e. The molecule has 0 radical (unpaired) electrons. The lowest BCUT2D eigenvalue weighted by Crippen LogP contribution is -2.56. The average Bonchev–Trinajstić information content (AvgIpc) is 2.34. The van der Waals surface area contributed by atoms with Crippen LogP contribution in [0.1, 0.15) is 73.1 Å². The van der Waals surface area contributed by atoms with Gasteiger partial charge in [-0.05, 0) is 40.4 Å². The van der Waals surface area contributed by atoms with Crippen molar-refractivity contribution in [3.8, 4) is 0 Å². The van der Waals surface area contributed by atoms with Gasteiger partial charge in [-0.25, -0.2) is 0 Å². The third kappa shape index (κ3) is 5.71. The molecule has 0 rings (SSSR count). The van der Waals surface area contributed by atoms with Gasteiger partial charge in [-0.3, -0.25) is 4.90 Å². The van der Waals surface area contributed by atoms with Crippen LogP contribution in [0.3, 0.4) is 0 Å². The molecule has 0 saturated heterocycles. The van der Waals surface area contributed by atoms with Crippen LogP contribution in [0.15, 0.2) is 0 Å². The van der Waals surface area contributed by atoms with Crippen LogP contribution in [0.5, 0.6) is 0 Å². The molecule has 1 atom stereocenters. The lowest BCUT2D eigenvalue weighted by Gasteiger charge is -2.43. The number of hydrogen-bond donors (Lipinski definition) is 1. The van der Waals surface area contributed by atoms with Crippen LogP contribution >= 0.6 is 0 Å². The van der Waals surface area contributed by atoms with Gasteiger partial charge in [0.05, 0.1) is 0 Å². The number of nitrogens with zero attached hydrogens (tertiary/aromatic N) is 1. The van der Waals surface area contributed by atoms with Crippen molar-refractivity contribution in [1.82, 2.24) is 10.2 Å². The second-order valence-electron chi connectivity index (χ2n) is 5.87. The Balaban J connectivity index is 4.20. The van der Waals surface area contributed by atoms with Gasteiger partial charge in [-0.15, -0.1) is 0 Å². The highest BCUT2D eigenvalue weighted by molar-refractivity contribution is 4.92. The first-order chi connectivity index (χ1) is 8.54. The Hall–Kier alpha value is -0.0800. The quantitative estimate of drug-likeness (QED) is 0.561. The first-order valence-corrected chi connectivity index (χ1v) is 7.96. The summed E-state index contributed by atoms with van der Waals surface area (Å²) in [5.41, 5.74) is 0.253. The Labute approximate surface area is 116 Å². The van der Waals surface area contributed by atoms with E-state index in [4.69, 9.17) is 0 Å². The lowest BCUT2D eigenvalue weighted by atomic mass is 9.88. The van der Waals surface area contributed by atoms with Crippen LogP contribution < -0.4 is 5.32 Å². The fourth-order valence-corrected chi connectivity index (χ4v) is 3.06. The summed E-state index contributed by atoms with van der Waals surface area (Å²) in [7, 11) is 2.11. The van der Waals surface area contributed by atoms with Gasteiger partial charge in [-0.1, -0.05) is 52.9 Å². The molecular weight excluding hydrogens is 220 g/mol. The maximum atomic E-state index is 3.54. The summed E-state index contributed by atoms with van der Waals surface area (Å²) in [4.78, 5) is 2.57. The van der Waals surface area contributed by atoms with Crippen molar-refractivity contribution in [3.63, 3.8) is 0 Å². The van der Waals surface area contributed by atoms with Gasteiger partial charge in [0, 0.05) is 11.6 Å². The van der Waals surface area contributed by atoms with Crippen molar-refractivity contribution in [2.75, 3.05) is 20.1 Å². The summed E-state index contributed by atoms with van der Waals surface area (Å²) in [6.07, 6.45) is 8.17. The van der Waals surface area contributed by atoms with E-state index >= 15 is 0 Å². The molecule has 0 fully saturated rings. The van der Waals surface area contributed by atoms with Crippen molar-refractivity contribution < 1.29 is 0 Å². The van der Waals surface area contributed by atoms with Gasteiger partial charge in [0.2, 0.25) is 0 Å². The average molecular weight is 256 g/mol. The Bertz CT molecular complexity index is 186. The highest BCUT2D eigenvalue weighted by Crippen LogP contribution is 2.23. The zero-order chi connectivity index (χ0) is 14.0. The van der Waals surface area contributed by atoms with E-state index in [1.54, 1.807) is 0 Å². The van der Waals surface area contributed by atoms with E-state index in [1.807, 2.05) is 0 Å². The molecule has 1 N–H and O–H groups in total. The Morgan fingerprint density at radius 2 is 1.50 bits per heavy atom. The molecule has 0 amide bonds. The topological polar surface area (TPSA) is 15.3 Å². The molecule has 0 heterocycles. The van der Waals surface area contributed by atoms with E-state index in [0.717, 1.165) is 13.1 Å². The normalized spacial score (nSPS) is 14.2. The number of nitrogens with one attached hydrogen (secondary N) is 1. The maximum Gasteiger partial charge on any atom is 0.0305 e. The zero-order valence-corrected chi connectivity index (χ0v) is 13.7. The van der Waals surface area contributed by atoms with E-state index in [-0.39, 0.29) is 5.54 Å². The molecule has 18 heavy (non-hydrogen) atoms. The minimum Gasteiger partial charge on any atom is -0.315 e. The third-order valence-electron chi connectivity index (χ3n) is 4.38. The number of unbranched alkanes of at least 4 members (excludes halogenated alkanes) is 4. The maximum absolute atomic E-state index is 3.54. The second-order valence-corrected chi connectivity index (χ2v) is 5.87. The molecule has 2 heteroatoms. The van der Waals surface area contributed by atoms with Gasteiger partial charge >= 0.3 is 0 Å². The second kappa shape index (κ2) is 9.80. The van der Waals surface area contributed by atoms with Crippen molar-refractivity contribution in [2.24, 2.45) is 0 Å². The molecule has 2 nitrogen and oxygen atoms in total. The van der Waals surface area contributed by atoms with Crippen LogP contribution in [-0.4, -0.2) is 36.6 Å². The minimum atomic E-state index is 0.253. The molecule has 0 spiro atoms. The summed E-state index contributed by atoms with van der Waals surface area (Å²) in [6.45, 7) is 13.8. The SMILES string of the molecule is CCCCCCCC(NC)C(C)(C)N(CC)CC. The van der Waals surface area contributed by atoms with Crippen LogP contribution in [0.4, 0.5) is 0 Å². The molecule has 0 aromatic heterocycles. The van der Waals surface area contributed by atoms with E-state index in [9.17, 15) is 0 Å². The minimum absolute atomic E-state index is 0.253. The van der Waals surface area contributed by atoms with E-state index in [0.29, 0.717) is 6.04 Å². The fourth-order valence-electron chi connectivity index (χ4n) is 3.06. The van der Waals surface area contributed by atoms with E-state index < -0.39 is 0 Å². The first-order valence-electron chi connectivity index (χ1n) is 7.96. The monoisotopic (exact) mass is 256 g/mol. The molecule has 0 aliphatic heterocycles. The summed E-state index contributed by atoms with van der Waals surface area (Å²) in [5, 5.41) is 3.54. The van der Waals surface area contributed by atoms with E-state index in [1.165, 1.54) is 38.5 Å². The van der Waals surface area contributed by atoms with Crippen molar-refractivity contribution >= 4 is 0 Å². The summed E-state index contributed by atoms with van der Waals surface area (Å²) in [6, 6.07) is 0.596. The van der Waals surface area contributed by atoms with Gasteiger partial charge in [0.15, 0.2) is 0 Å². The molecule has 0 aliphatic rings.